The minimum Gasteiger partial charge on any atom is -0.434 e. The maximum absolute atomic E-state index is 12.3. The molecule has 0 heterocycles. The first-order valence-corrected chi connectivity index (χ1v) is 6.53. The highest BCUT2D eigenvalue weighted by molar-refractivity contribution is 6.42. The summed E-state index contributed by atoms with van der Waals surface area (Å²) in [6, 6.07) is 10.2. The minimum atomic E-state index is -3.01. The summed E-state index contributed by atoms with van der Waals surface area (Å²) in [5, 5.41) is 3.15. The summed E-state index contributed by atoms with van der Waals surface area (Å²) in [5.41, 5.74) is 0.380. The number of amides is 1. The molecule has 0 spiro atoms. The van der Waals surface area contributed by atoms with Crippen LogP contribution in [0.3, 0.4) is 0 Å². The van der Waals surface area contributed by atoms with Crippen LogP contribution in [0, 0.1) is 0 Å². The number of hydrogen-bond acceptors (Lipinski definition) is 2. The van der Waals surface area contributed by atoms with Crippen molar-refractivity contribution in [2.45, 2.75) is 6.61 Å². The number of halogens is 4. The molecule has 0 bridgehead atoms. The summed E-state index contributed by atoms with van der Waals surface area (Å²) >= 11 is 11.6. The smallest absolute Gasteiger partial charge is 0.387 e. The predicted molar refractivity (Wildman–Crippen MR) is 77.5 cm³/mol. The standard InChI is InChI=1S/C14H9Cl2F2NO2/c15-10-6-5-8(7-11(10)16)19-13(20)9-3-1-2-4-12(9)21-14(17)18/h1-7,14H,(H,19,20). The van der Waals surface area contributed by atoms with Gasteiger partial charge < -0.3 is 10.1 Å². The number of nitrogens with one attached hydrogen (secondary N) is 1. The fourth-order valence-electron chi connectivity index (χ4n) is 1.63. The highest BCUT2D eigenvalue weighted by Crippen LogP contribution is 2.26. The van der Waals surface area contributed by atoms with Crippen molar-refractivity contribution in [2.75, 3.05) is 5.32 Å². The molecule has 0 aliphatic rings. The van der Waals surface area contributed by atoms with Crippen LogP contribution < -0.4 is 10.1 Å². The zero-order chi connectivity index (χ0) is 15.4. The average Bonchev–Trinajstić information content (AvgIpc) is 2.43. The summed E-state index contributed by atoms with van der Waals surface area (Å²) in [6.45, 7) is -3.01. The first kappa shape index (κ1) is 15.5. The molecule has 0 aliphatic carbocycles. The topological polar surface area (TPSA) is 38.3 Å². The van der Waals surface area contributed by atoms with E-state index in [0.29, 0.717) is 10.7 Å². The molecular weight excluding hydrogens is 323 g/mol. The number of carbonyl (C=O) groups is 1. The monoisotopic (exact) mass is 331 g/mol. The van der Waals surface area contributed by atoms with Gasteiger partial charge in [0.15, 0.2) is 0 Å². The summed E-state index contributed by atoms with van der Waals surface area (Å²) in [6.07, 6.45) is 0. The Kier molecular flexibility index (Phi) is 4.98. The molecule has 2 aromatic carbocycles. The van der Waals surface area contributed by atoms with Gasteiger partial charge in [-0.25, -0.2) is 0 Å². The molecule has 1 N–H and O–H groups in total. The van der Waals surface area contributed by atoms with E-state index < -0.39 is 12.5 Å². The Morgan fingerprint density at radius 2 is 1.81 bits per heavy atom. The second-order valence-corrected chi connectivity index (χ2v) is 4.77. The van der Waals surface area contributed by atoms with E-state index in [-0.39, 0.29) is 16.3 Å². The third kappa shape index (κ3) is 4.06. The first-order valence-electron chi connectivity index (χ1n) is 5.77. The largest absolute Gasteiger partial charge is 0.434 e. The molecule has 2 aromatic rings. The molecule has 0 unspecified atom stereocenters. The van der Waals surface area contributed by atoms with Crippen LogP contribution in [0.5, 0.6) is 5.75 Å². The molecule has 0 saturated carbocycles. The summed E-state index contributed by atoms with van der Waals surface area (Å²) < 4.78 is 28.9. The second-order valence-electron chi connectivity index (χ2n) is 3.96. The van der Waals surface area contributed by atoms with E-state index in [0.717, 1.165) is 0 Å². The Morgan fingerprint density at radius 1 is 1.10 bits per heavy atom. The van der Waals surface area contributed by atoms with Crippen molar-refractivity contribution in [3.63, 3.8) is 0 Å². The van der Waals surface area contributed by atoms with Crippen LogP contribution in [0.25, 0.3) is 0 Å². The third-order valence-corrected chi connectivity index (χ3v) is 3.26. The first-order chi connectivity index (χ1) is 9.97. The van der Waals surface area contributed by atoms with Gasteiger partial charge in [-0.3, -0.25) is 4.79 Å². The van der Waals surface area contributed by atoms with Crippen LogP contribution in [0.2, 0.25) is 10.0 Å². The van der Waals surface area contributed by atoms with Gasteiger partial charge in [0.1, 0.15) is 5.75 Å². The normalized spacial score (nSPS) is 10.5. The van der Waals surface area contributed by atoms with Gasteiger partial charge >= 0.3 is 6.61 Å². The lowest BCUT2D eigenvalue weighted by atomic mass is 10.2. The zero-order valence-corrected chi connectivity index (χ0v) is 12.0. The Morgan fingerprint density at radius 3 is 2.48 bits per heavy atom. The van der Waals surface area contributed by atoms with Crippen molar-refractivity contribution in [2.24, 2.45) is 0 Å². The van der Waals surface area contributed by atoms with Crippen LogP contribution >= 0.6 is 23.2 Å². The van der Waals surface area contributed by atoms with Gasteiger partial charge in [0.25, 0.3) is 5.91 Å². The lowest BCUT2D eigenvalue weighted by molar-refractivity contribution is -0.0501. The molecule has 3 nitrogen and oxygen atoms in total. The molecule has 0 fully saturated rings. The van der Waals surface area contributed by atoms with E-state index >= 15 is 0 Å². The van der Waals surface area contributed by atoms with Crippen molar-refractivity contribution in [3.05, 3.63) is 58.1 Å². The van der Waals surface area contributed by atoms with E-state index in [1.54, 1.807) is 12.1 Å². The van der Waals surface area contributed by atoms with E-state index in [1.807, 2.05) is 0 Å². The van der Waals surface area contributed by atoms with E-state index in [4.69, 9.17) is 23.2 Å². The maximum atomic E-state index is 12.3. The highest BCUT2D eigenvalue weighted by Gasteiger charge is 2.15. The van der Waals surface area contributed by atoms with E-state index in [2.05, 4.69) is 10.1 Å². The number of benzene rings is 2. The molecule has 0 aromatic heterocycles. The molecule has 110 valence electrons. The zero-order valence-electron chi connectivity index (χ0n) is 10.4. The Bertz CT molecular complexity index is 665. The van der Waals surface area contributed by atoms with Crippen LogP contribution in [-0.2, 0) is 0 Å². The summed E-state index contributed by atoms with van der Waals surface area (Å²) in [7, 11) is 0. The fraction of sp³-hybridized carbons (Fsp3) is 0.0714. The van der Waals surface area contributed by atoms with Crippen LogP contribution in [0.1, 0.15) is 10.4 Å². The summed E-state index contributed by atoms with van der Waals surface area (Å²) in [5.74, 6) is -0.797. The Labute approximate surface area is 129 Å². The van der Waals surface area contributed by atoms with Gasteiger partial charge in [-0.2, -0.15) is 8.78 Å². The quantitative estimate of drug-likeness (QED) is 0.869. The second kappa shape index (κ2) is 6.74. The van der Waals surface area contributed by atoms with Crippen LogP contribution in [0.15, 0.2) is 42.5 Å². The number of ether oxygens (including phenoxy) is 1. The molecule has 2 rings (SSSR count). The SMILES string of the molecule is O=C(Nc1ccc(Cl)c(Cl)c1)c1ccccc1OC(F)F. The lowest BCUT2D eigenvalue weighted by Gasteiger charge is -2.11. The maximum Gasteiger partial charge on any atom is 0.387 e. The Hall–Kier alpha value is -1.85. The van der Waals surface area contributed by atoms with Crippen molar-refractivity contribution in [1.82, 2.24) is 0 Å². The number of carbonyl (C=O) groups excluding carboxylic acids is 1. The number of hydrogen-bond donors (Lipinski definition) is 1. The molecular formula is C14H9Cl2F2NO2. The molecule has 0 aliphatic heterocycles. The van der Waals surface area contributed by atoms with Crippen LogP contribution in [-0.4, -0.2) is 12.5 Å². The molecule has 7 heteroatoms. The fourth-order valence-corrected chi connectivity index (χ4v) is 1.92. The molecule has 0 atom stereocenters. The van der Waals surface area contributed by atoms with Gasteiger partial charge in [-0.15, -0.1) is 0 Å². The number of rotatable bonds is 4. The van der Waals surface area contributed by atoms with Crippen molar-refractivity contribution < 1.29 is 18.3 Å². The molecule has 0 radical (unpaired) electrons. The van der Waals surface area contributed by atoms with Crippen molar-refractivity contribution in [3.8, 4) is 5.75 Å². The lowest BCUT2D eigenvalue weighted by Crippen LogP contribution is -2.14. The van der Waals surface area contributed by atoms with Crippen molar-refractivity contribution >= 4 is 34.8 Å². The van der Waals surface area contributed by atoms with Crippen molar-refractivity contribution in [1.29, 1.82) is 0 Å². The van der Waals surface area contributed by atoms with Crippen LogP contribution in [0.4, 0.5) is 14.5 Å². The van der Waals surface area contributed by atoms with E-state index in [9.17, 15) is 13.6 Å². The van der Waals surface area contributed by atoms with E-state index in [1.165, 1.54) is 30.3 Å². The number of para-hydroxylation sites is 1. The number of anilines is 1. The predicted octanol–water partition coefficient (Wildman–Crippen LogP) is 4.85. The average molecular weight is 332 g/mol. The van der Waals surface area contributed by atoms with Gasteiger partial charge in [0.05, 0.1) is 15.6 Å². The summed E-state index contributed by atoms with van der Waals surface area (Å²) in [4.78, 5) is 12.1. The third-order valence-electron chi connectivity index (χ3n) is 2.53. The van der Waals surface area contributed by atoms with Gasteiger partial charge in [0, 0.05) is 5.69 Å². The minimum absolute atomic E-state index is 0.0103. The molecule has 1 amide bonds. The molecule has 0 saturated heterocycles. The van der Waals surface area contributed by atoms with Gasteiger partial charge in [-0.05, 0) is 30.3 Å². The van der Waals surface area contributed by atoms with Gasteiger partial charge in [-0.1, -0.05) is 35.3 Å². The Balaban J connectivity index is 2.22. The molecule has 21 heavy (non-hydrogen) atoms. The van der Waals surface area contributed by atoms with Gasteiger partial charge in [0.2, 0.25) is 0 Å². The highest BCUT2D eigenvalue weighted by atomic mass is 35.5. The number of alkyl halides is 2.